The minimum Gasteiger partial charge on any atom is -0.0878 e. The SMILES string of the molecule is BrC1CC(Br)C(Br)C(Br)C(Br)C1Br. The first-order valence-corrected chi connectivity index (χ1v) is 9.29. The fourth-order valence-electron chi connectivity index (χ4n) is 1.23. The molecule has 0 amide bonds. The van der Waals surface area contributed by atoms with Crippen molar-refractivity contribution >= 4 is 95.6 Å². The molecule has 0 nitrogen and oxygen atoms in total. The molecule has 6 unspecified atom stereocenters. The lowest BCUT2D eigenvalue weighted by molar-refractivity contribution is 0.776. The van der Waals surface area contributed by atoms with Gasteiger partial charge in [0.05, 0.1) is 0 Å². The Labute approximate surface area is 129 Å². The van der Waals surface area contributed by atoms with Gasteiger partial charge in [0.25, 0.3) is 0 Å². The maximum absolute atomic E-state index is 3.70. The van der Waals surface area contributed by atoms with Crippen LogP contribution >= 0.6 is 95.6 Å². The quantitative estimate of drug-likeness (QED) is 0.285. The summed E-state index contributed by atoms with van der Waals surface area (Å²) in [5, 5.41) is 0. The molecule has 6 heteroatoms. The summed E-state index contributed by atoms with van der Waals surface area (Å²) in [7, 11) is 0. The molecule has 1 aliphatic carbocycles. The van der Waals surface area contributed by atoms with Crippen molar-refractivity contribution in [1.29, 1.82) is 0 Å². The maximum atomic E-state index is 3.70. The van der Waals surface area contributed by atoms with Crippen molar-refractivity contribution in [2.45, 2.75) is 35.4 Å². The minimum absolute atomic E-state index is 0.420. The van der Waals surface area contributed by atoms with E-state index < -0.39 is 0 Å². The molecule has 0 spiro atoms. The molecule has 0 aromatic rings. The lowest BCUT2D eigenvalue weighted by Gasteiger charge is -2.23. The molecular formula is C7H8Br6. The number of hydrogen-bond acceptors (Lipinski definition) is 0. The van der Waals surface area contributed by atoms with Crippen molar-refractivity contribution in [3.8, 4) is 0 Å². The Morgan fingerprint density at radius 3 is 1.15 bits per heavy atom. The molecule has 1 fully saturated rings. The zero-order valence-corrected chi connectivity index (χ0v) is 16.0. The fraction of sp³-hybridized carbons (Fsp3) is 1.00. The van der Waals surface area contributed by atoms with E-state index in [9.17, 15) is 0 Å². The second-order valence-electron chi connectivity index (χ2n) is 3.05. The summed E-state index contributed by atoms with van der Waals surface area (Å²) in [5.74, 6) is 0. The van der Waals surface area contributed by atoms with Crippen LogP contribution in [0.4, 0.5) is 0 Å². The molecule has 0 saturated heterocycles. The van der Waals surface area contributed by atoms with E-state index in [0.29, 0.717) is 29.0 Å². The van der Waals surface area contributed by atoms with Crippen LogP contribution in [-0.2, 0) is 0 Å². The summed E-state index contributed by atoms with van der Waals surface area (Å²) in [6, 6.07) is 0. The first-order valence-electron chi connectivity index (χ1n) is 3.79. The van der Waals surface area contributed by atoms with Crippen LogP contribution in [0.1, 0.15) is 6.42 Å². The van der Waals surface area contributed by atoms with Gasteiger partial charge in [0, 0.05) is 29.0 Å². The molecule has 13 heavy (non-hydrogen) atoms. The molecule has 0 aromatic heterocycles. The average molecular weight is 572 g/mol. The van der Waals surface area contributed by atoms with Gasteiger partial charge in [0.2, 0.25) is 0 Å². The highest BCUT2D eigenvalue weighted by Crippen LogP contribution is 2.41. The maximum Gasteiger partial charge on any atom is 0.0418 e. The molecule has 1 aliphatic rings. The number of hydrogen-bond donors (Lipinski definition) is 0. The van der Waals surface area contributed by atoms with Gasteiger partial charge in [-0.1, -0.05) is 95.6 Å². The van der Waals surface area contributed by atoms with E-state index in [1.807, 2.05) is 0 Å². The number of alkyl halides is 6. The Kier molecular flexibility index (Phi) is 6.42. The van der Waals surface area contributed by atoms with E-state index in [4.69, 9.17) is 0 Å². The molecule has 0 N–H and O–H groups in total. The standard InChI is InChI=1S/C7H8Br6/c8-2-1-3(9)5(11)7(13)6(12)4(2)10/h2-7H,1H2. The molecule has 0 heterocycles. The highest BCUT2D eigenvalue weighted by atomic mass is 79.9. The lowest BCUT2D eigenvalue weighted by atomic mass is 10.2. The van der Waals surface area contributed by atoms with Gasteiger partial charge in [0.1, 0.15) is 0 Å². The number of rotatable bonds is 0. The molecule has 0 bridgehead atoms. The second kappa shape index (κ2) is 5.99. The highest BCUT2D eigenvalue weighted by Gasteiger charge is 2.40. The Balaban J connectivity index is 2.79. The van der Waals surface area contributed by atoms with E-state index in [1.165, 1.54) is 0 Å². The third-order valence-electron chi connectivity index (χ3n) is 2.05. The first kappa shape index (κ1) is 13.9. The van der Waals surface area contributed by atoms with Crippen molar-refractivity contribution in [3.05, 3.63) is 0 Å². The van der Waals surface area contributed by atoms with Gasteiger partial charge in [0.15, 0.2) is 0 Å². The molecular weight excluding hydrogens is 564 g/mol. The summed E-state index contributed by atoms with van der Waals surface area (Å²) < 4.78 is 0. The van der Waals surface area contributed by atoms with Gasteiger partial charge in [-0.25, -0.2) is 0 Å². The van der Waals surface area contributed by atoms with Crippen molar-refractivity contribution in [1.82, 2.24) is 0 Å². The van der Waals surface area contributed by atoms with Crippen LogP contribution in [0.2, 0.25) is 0 Å². The topological polar surface area (TPSA) is 0 Å². The van der Waals surface area contributed by atoms with Gasteiger partial charge < -0.3 is 0 Å². The van der Waals surface area contributed by atoms with E-state index in [0.717, 1.165) is 6.42 Å². The van der Waals surface area contributed by atoms with Crippen LogP contribution in [0.15, 0.2) is 0 Å². The zero-order valence-electron chi connectivity index (χ0n) is 6.44. The summed E-state index contributed by atoms with van der Waals surface area (Å²) >= 11 is 22.2. The van der Waals surface area contributed by atoms with E-state index in [2.05, 4.69) is 95.6 Å². The molecule has 1 saturated carbocycles. The predicted octanol–water partition coefficient (Wildman–Crippen LogP) is 4.97. The summed E-state index contributed by atoms with van der Waals surface area (Å²) in [5.41, 5.74) is 0. The molecule has 1 rings (SSSR count). The van der Waals surface area contributed by atoms with Crippen molar-refractivity contribution in [2.75, 3.05) is 0 Å². The zero-order chi connectivity index (χ0) is 10.2. The molecule has 0 aliphatic heterocycles. The van der Waals surface area contributed by atoms with Gasteiger partial charge >= 0.3 is 0 Å². The van der Waals surface area contributed by atoms with Gasteiger partial charge in [-0.3, -0.25) is 0 Å². The third-order valence-corrected chi connectivity index (χ3v) is 12.2. The van der Waals surface area contributed by atoms with Gasteiger partial charge in [-0.2, -0.15) is 0 Å². The predicted molar refractivity (Wildman–Crippen MR) is 80.9 cm³/mol. The van der Waals surface area contributed by atoms with Crippen molar-refractivity contribution in [3.63, 3.8) is 0 Å². The lowest BCUT2D eigenvalue weighted by Crippen LogP contribution is -2.32. The Morgan fingerprint density at radius 2 is 0.846 bits per heavy atom. The average Bonchev–Trinajstić information content (AvgIpc) is 2.15. The van der Waals surface area contributed by atoms with E-state index >= 15 is 0 Å². The van der Waals surface area contributed by atoms with Crippen LogP contribution in [0.25, 0.3) is 0 Å². The third kappa shape index (κ3) is 3.42. The molecule has 0 aromatic carbocycles. The minimum atomic E-state index is 0.420. The Hall–Kier alpha value is 2.88. The van der Waals surface area contributed by atoms with E-state index in [-0.39, 0.29) is 0 Å². The van der Waals surface area contributed by atoms with Crippen molar-refractivity contribution in [2.24, 2.45) is 0 Å². The van der Waals surface area contributed by atoms with Crippen LogP contribution in [0.5, 0.6) is 0 Å². The first-order chi connectivity index (χ1) is 5.95. The normalized spacial score (nSPS) is 53.1. The monoisotopic (exact) mass is 566 g/mol. The van der Waals surface area contributed by atoms with Gasteiger partial charge in [-0.05, 0) is 6.42 Å². The highest BCUT2D eigenvalue weighted by molar-refractivity contribution is 9.15. The summed E-state index contributed by atoms with van der Waals surface area (Å²) in [4.78, 5) is 2.71. The summed E-state index contributed by atoms with van der Waals surface area (Å²) in [6.07, 6.45) is 1.11. The molecule has 6 atom stereocenters. The number of halogens is 6. The van der Waals surface area contributed by atoms with Crippen LogP contribution < -0.4 is 0 Å². The Bertz CT molecular complexity index is 156. The smallest absolute Gasteiger partial charge is 0.0418 e. The second-order valence-corrected chi connectivity index (χ2v) is 9.63. The van der Waals surface area contributed by atoms with Gasteiger partial charge in [-0.15, -0.1) is 0 Å². The van der Waals surface area contributed by atoms with Crippen molar-refractivity contribution < 1.29 is 0 Å². The molecule has 78 valence electrons. The Morgan fingerprint density at radius 1 is 0.538 bits per heavy atom. The van der Waals surface area contributed by atoms with E-state index in [1.54, 1.807) is 0 Å². The van der Waals surface area contributed by atoms with Crippen LogP contribution in [0, 0.1) is 0 Å². The van der Waals surface area contributed by atoms with Crippen LogP contribution in [0.3, 0.4) is 0 Å². The molecule has 0 radical (unpaired) electrons. The summed E-state index contributed by atoms with van der Waals surface area (Å²) in [6.45, 7) is 0. The van der Waals surface area contributed by atoms with Crippen LogP contribution in [-0.4, -0.2) is 29.0 Å². The fourth-order valence-corrected chi connectivity index (χ4v) is 7.31. The largest absolute Gasteiger partial charge is 0.0878 e.